The van der Waals surface area contributed by atoms with Crippen molar-refractivity contribution >= 4 is 18.3 Å². The molecule has 1 saturated heterocycles. The van der Waals surface area contributed by atoms with Crippen LogP contribution in [0.1, 0.15) is 26.2 Å². The molecule has 0 spiro atoms. The van der Waals surface area contributed by atoms with Crippen molar-refractivity contribution in [2.75, 3.05) is 27.2 Å². The molecule has 1 rings (SSSR count). The Morgan fingerprint density at radius 1 is 1.50 bits per heavy atom. The molecule has 0 aliphatic carbocycles. The van der Waals surface area contributed by atoms with E-state index >= 15 is 0 Å². The van der Waals surface area contributed by atoms with Gasteiger partial charge in [0.25, 0.3) is 5.91 Å². The largest absolute Gasteiger partial charge is 0.372 e. The third-order valence-corrected chi connectivity index (χ3v) is 3.15. The third kappa shape index (κ3) is 3.92. The molecule has 1 amide bonds. The van der Waals surface area contributed by atoms with Gasteiger partial charge in [0.05, 0.1) is 0 Å². The Morgan fingerprint density at radius 3 is 2.44 bits per heavy atom. The molecule has 0 aromatic heterocycles. The number of nitrogens with zero attached hydrogens (tertiary/aromatic N) is 1. The summed E-state index contributed by atoms with van der Waals surface area (Å²) >= 11 is 0. The van der Waals surface area contributed by atoms with Gasteiger partial charge in [-0.3, -0.25) is 4.79 Å². The van der Waals surface area contributed by atoms with Crippen LogP contribution in [0, 0.1) is 0 Å². The van der Waals surface area contributed by atoms with Crippen LogP contribution in [0.2, 0.25) is 0 Å². The van der Waals surface area contributed by atoms with Crippen molar-refractivity contribution in [3.8, 4) is 0 Å². The molecule has 1 heterocycles. The van der Waals surface area contributed by atoms with Crippen LogP contribution in [0.5, 0.6) is 0 Å². The number of halogens is 1. The Morgan fingerprint density at radius 2 is 2.06 bits per heavy atom. The summed E-state index contributed by atoms with van der Waals surface area (Å²) < 4.78 is 5.16. The minimum Gasteiger partial charge on any atom is -0.372 e. The second-order valence-electron chi connectivity index (χ2n) is 4.02. The number of piperidine rings is 1. The molecule has 4 nitrogen and oxygen atoms in total. The second kappa shape index (κ2) is 7.87. The Labute approximate surface area is 104 Å². The van der Waals surface area contributed by atoms with E-state index in [4.69, 9.17) is 4.74 Å². The van der Waals surface area contributed by atoms with Crippen molar-refractivity contribution in [2.45, 2.75) is 38.3 Å². The maximum Gasteiger partial charge on any atom is 0.251 e. The highest BCUT2D eigenvalue weighted by atomic mass is 35.5. The molecule has 1 N–H and O–H groups in total. The quantitative estimate of drug-likeness (QED) is 0.811. The van der Waals surface area contributed by atoms with Gasteiger partial charge in [-0.2, -0.15) is 0 Å². The predicted molar refractivity (Wildman–Crippen MR) is 67.0 cm³/mol. The highest BCUT2D eigenvalue weighted by Crippen LogP contribution is 2.12. The molecule has 1 unspecified atom stereocenters. The molecule has 1 aliphatic rings. The van der Waals surface area contributed by atoms with Crippen molar-refractivity contribution in [3.05, 3.63) is 0 Å². The van der Waals surface area contributed by atoms with E-state index in [0.29, 0.717) is 6.04 Å². The zero-order chi connectivity index (χ0) is 11.3. The maximum atomic E-state index is 11.9. The minimum absolute atomic E-state index is 0. The Kier molecular flexibility index (Phi) is 7.72. The first kappa shape index (κ1) is 15.7. The zero-order valence-electron chi connectivity index (χ0n) is 10.4. The van der Waals surface area contributed by atoms with E-state index in [2.05, 4.69) is 5.32 Å². The van der Waals surface area contributed by atoms with E-state index in [0.717, 1.165) is 32.4 Å². The van der Waals surface area contributed by atoms with Crippen molar-refractivity contribution < 1.29 is 9.53 Å². The van der Waals surface area contributed by atoms with Crippen LogP contribution in [0.3, 0.4) is 0 Å². The molecule has 0 aromatic carbocycles. The number of amides is 1. The highest BCUT2D eigenvalue weighted by Gasteiger charge is 2.26. The van der Waals surface area contributed by atoms with Crippen LogP contribution < -0.4 is 5.32 Å². The number of carbonyl (C=O) groups excluding carboxylic acids is 1. The van der Waals surface area contributed by atoms with E-state index in [1.807, 2.05) is 18.9 Å². The fourth-order valence-corrected chi connectivity index (χ4v) is 2.03. The van der Waals surface area contributed by atoms with Gasteiger partial charge in [0.2, 0.25) is 0 Å². The van der Waals surface area contributed by atoms with E-state index in [1.54, 1.807) is 7.11 Å². The lowest BCUT2D eigenvalue weighted by atomic mass is 10.0. The third-order valence-electron chi connectivity index (χ3n) is 3.15. The fourth-order valence-electron chi connectivity index (χ4n) is 2.03. The van der Waals surface area contributed by atoms with Gasteiger partial charge in [-0.25, -0.2) is 0 Å². The lowest BCUT2D eigenvalue weighted by molar-refractivity contribution is -0.143. The summed E-state index contributed by atoms with van der Waals surface area (Å²) in [6.45, 7) is 3.68. The Bertz CT molecular complexity index is 202. The van der Waals surface area contributed by atoms with Crippen LogP contribution in [0.25, 0.3) is 0 Å². The molecule has 1 aliphatic heterocycles. The van der Waals surface area contributed by atoms with Crippen LogP contribution in [-0.4, -0.2) is 50.2 Å². The highest BCUT2D eigenvalue weighted by molar-refractivity contribution is 5.85. The topological polar surface area (TPSA) is 41.6 Å². The van der Waals surface area contributed by atoms with Gasteiger partial charge >= 0.3 is 0 Å². The lowest BCUT2D eigenvalue weighted by Crippen LogP contribution is -2.47. The normalized spacial score (nSPS) is 19.1. The molecule has 0 saturated carbocycles. The number of hydrogen-bond acceptors (Lipinski definition) is 3. The summed E-state index contributed by atoms with van der Waals surface area (Å²) in [6.07, 6.45) is 2.59. The maximum absolute atomic E-state index is 11.9. The van der Waals surface area contributed by atoms with E-state index in [1.165, 1.54) is 0 Å². The van der Waals surface area contributed by atoms with Gasteiger partial charge in [0.1, 0.15) is 6.10 Å². The average Bonchev–Trinajstić information content (AvgIpc) is 2.30. The molecule has 0 bridgehead atoms. The zero-order valence-corrected chi connectivity index (χ0v) is 11.2. The number of ether oxygens (including phenoxy) is 1. The molecular formula is C11H23ClN2O2. The minimum atomic E-state index is -0.254. The SMILES string of the molecule is CCC(OC)C(=O)N1CCC(NC)CC1.Cl. The van der Waals surface area contributed by atoms with Gasteiger partial charge in [-0.1, -0.05) is 6.92 Å². The van der Waals surface area contributed by atoms with Gasteiger partial charge < -0.3 is 15.0 Å². The monoisotopic (exact) mass is 250 g/mol. The van der Waals surface area contributed by atoms with E-state index in [9.17, 15) is 4.79 Å². The smallest absolute Gasteiger partial charge is 0.251 e. The summed E-state index contributed by atoms with van der Waals surface area (Å²) in [5.74, 6) is 0.148. The second-order valence-corrected chi connectivity index (χ2v) is 4.02. The first-order valence-corrected chi connectivity index (χ1v) is 5.71. The number of likely N-dealkylation sites (tertiary alicyclic amines) is 1. The van der Waals surface area contributed by atoms with Crippen LogP contribution in [0.4, 0.5) is 0 Å². The molecule has 1 atom stereocenters. The molecule has 0 radical (unpaired) electrons. The predicted octanol–water partition coefficient (Wildman–Crippen LogP) is 1.04. The van der Waals surface area contributed by atoms with Gasteiger partial charge in [0, 0.05) is 26.2 Å². The molecule has 0 aromatic rings. The van der Waals surface area contributed by atoms with Gasteiger partial charge in [0.15, 0.2) is 0 Å². The van der Waals surface area contributed by atoms with Crippen LogP contribution >= 0.6 is 12.4 Å². The van der Waals surface area contributed by atoms with Crippen molar-refractivity contribution in [1.29, 1.82) is 0 Å². The van der Waals surface area contributed by atoms with Gasteiger partial charge in [-0.15, -0.1) is 12.4 Å². The van der Waals surface area contributed by atoms with Crippen LogP contribution in [0.15, 0.2) is 0 Å². The summed E-state index contributed by atoms with van der Waals surface area (Å²) in [5.41, 5.74) is 0. The fraction of sp³-hybridized carbons (Fsp3) is 0.909. The molecular weight excluding hydrogens is 228 g/mol. The summed E-state index contributed by atoms with van der Waals surface area (Å²) in [7, 11) is 3.58. The summed E-state index contributed by atoms with van der Waals surface area (Å²) in [4.78, 5) is 13.9. The molecule has 1 fully saturated rings. The van der Waals surface area contributed by atoms with Gasteiger partial charge in [-0.05, 0) is 26.3 Å². The summed E-state index contributed by atoms with van der Waals surface area (Å²) in [5, 5.41) is 3.25. The molecule has 5 heteroatoms. The first-order chi connectivity index (χ1) is 7.22. The first-order valence-electron chi connectivity index (χ1n) is 5.71. The number of nitrogens with one attached hydrogen (secondary N) is 1. The van der Waals surface area contributed by atoms with Crippen molar-refractivity contribution in [2.24, 2.45) is 0 Å². The van der Waals surface area contributed by atoms with E-state index < -0.39 is 0 Å². The Balaban J connectivity index is 0.00000225. The average molecular weight is 251 g/mol. The number of methoxy groups -OCH3 is 1. The number of rotatable bonds is 4. The molecule has 16 heavy (non-hydrogen) atoms. The lowest BCUT2D eigenvalue weighted by Gasteiger charge is -2.33. The number of hydrogen-bond donors (Lipinski definition) is 1. The van der Waals surface area contributed by atoms with Crippen molar-refractivity contribution in [1.82, 2.24) is 10.2 Å². The summed E-state index contributed by atoms with van der Waals surface area (Å²) in [6, 6.07) is 0.566. The van der Waals surface area contributed by atoms with Crippen molar-refractivity contribution in [3.63, 3.8) is 0 Å². The van der Waals surface area contributed by atoms with Crippen LogP contribution in [-0.2, 0) is 9.53 Å². The molecule has 96 valence electrons. The number of carbonyl (C=O) groups is 1. The Hall–Kier alpha value is -0.320. The van der Waals surface area contributed by atoms with E-state index in [-0.39, 0.29) is 24.4 Å². The standard InChI is InChI=1S/C11H22N2O2.ClH/c1-4-10(15-3)11(14)13-7-5-9(12-2)6-8-13;/h9-10,12H,4-8H2,1-3H3;1H.